The van der Waals surface area contributed by atoms with Crippen molar-refractivity contribution in [3.05, 3.63) is 47.5 Å². The summed E-state index contributed by atoms with van der Waals surface area (Å²) in [6.45, 7) is 9.82. The topological polar surface area (TPSA) is 79.6 Å². The molecule has 0 radical (unpaired) electrons. The Morgan fingerprint density at radius 2 is 2.06 bits per heavy atom. The zero-order chi connectivity index (χ0) is 21.9. The molecule has 3 rings (SSSR count). The lowest BCUT2D eigenvalue weighted by molar-refractivity contribution is 0.145. The normalized spacial score (nSPS) is 17.3. The summed E-state index contributed by atoms with van der Waals surface area (Å²) in [5, 5.41) is 15.4. The Kier molecular flexibility index (Phi) is 9.30. The molecule has 1 aromatic carbocycles. The van der Waals surface area contributed by atoms with E-state index in [-0.39, 0.29) is 0 Å². The highest BCUT2D eigenvalue weighted by Crippen LogP contribution is 2.19. The SMILES string of the molecule is CCOCCCNC(=NCc1nnc(C)n1C)NCC1CCCN1Cc1ccccc1. The van der Waals surface area contributed by atoms with Crippen LogP contribution in [0.25, 0.3) is 0 Å². The number of likely N-dealkylation sites (tertiary alicyclic amines) is 1. The summed E-state index contributed by atoms with van der Waals surface area (Å²) in [4.78, 5) is 7.34. The van der Waals surface area contributed by atoms with E-state index in [1.165, 1.54) is 18.4 Å². The van der Waals surface area contributed by atoms with Gasteiger partial charge in [0, 0.05) is 45.9 Å². The molecule has 1 aliphatic heterocycles. The van der Waals surface area contributed by atoms with E-state index in [2.05, 4.69) is 56.1 Å². The molecule has 1 atom stereocenters. The number of hydrogen-bond acceptors (Lipinski definition) is 5. The van der Waals surface area contributed by atoms with Crippen molar-refractivity contribution in [3.8, 4) is 0 Å². The Morgan fingerprint density at radius 1 is 1.23 bits per heavy atom. The predicted molar refractivity (Wildman–Crippen MR) is 124 cm³/mol. The van der Waals surface area contributed by atoms with Crippen LogP contribution in [-0.4, -0.2) is 64.5 Å². The summed E-state index contributed by atoms with van der Waals surface area (Å²) in [6, 6.07) is 11.2. The average molecular weight is 428 g/mol. The number of nitrogens with zero attached hydrogens (tertiary/aromatic N) is 5. The van der Waals surface area contributed by atoms with Gasteiger partial charge >= 0.3 is 0 Å². The third kappa shape index (κ3) is 7.33. The molecule has 1 saturated heterocycles. The summed E-state index contributed by atoms with van der Waals surface area (Å²) >= 11 is 0. The maximum absolute atomic E-state index is 5.45. The monoisotopic (exact) mass is 427 g/mol. The van der Waals surface area contributed by atoms with Gasteiger partial charge in [0.05, 0.1) is 0 Å². The Morgan fingerprint density at radius 3 is 2.81 bits per heavy atom. The molecule has 0 bridgehead atoms. The summed E-state index contributed by atoms with van der Waals surface area (Å²) in [5.41, 5.74) is 1.37. The molecule has 0 aliphatic carbocycles. The van der Waals surface area contributed by atoms with E-state index in [1.54, 1.807) is 0 Å². The smallest absolute Gasteiger partial charge is 0.191 e. The van der Waals surface area contributed by atoms with Gasteiger partial charge in [-0.2, -0.15) is 0 Å². The van der Waals surface area contributed by atoms with Crippen LogP contribution >= 0.6 is 0 Å². The average Bonchev–Trinajstić information content (AvgIpc) is 3.36. The molecule has 1 unspecified atom stereocenters. The molecule has 0 spiro atoms. The van der Waals surface area contributed by atoms with Crippen LogP contribution in [0.5, 0.6) is 0 Å². The van der Waals surface area contributed by atoms with Gasteiger partial charge in [-0.15, -0.1) is 10.2 Å². The lowest BCUT2D eigenvalue weighted by atomic mass is 10.2. The van der Waals surface area contributed by atoms with Crippen LogP contribution < -0.4 is 10.6 Å². The maximum Gasteiger partial charge on any atom is 0.191 e. The third-order valence-electron chi connectivity index (χ3n) is 5.76. The van der Waals surface area contributed by atoms with Crippen LogP contribution in [-0.2, 0) is 24.9 Å². The van der Waals surface area contributed by atoms with Crippen LogP contribution in [0.4, 0.5) is 0 Å². The first kappa shape index (κ1) is 23.2. The number of aryl methyl sites for hydroxylation is 1. The molecule has 2 aromatic rings. The van der Waals surface area contributed by atoms with Crippen molar-refractivity contribution < 1.29 is 4.74 Å². The molecule has 1 fully saturated rings. The second-order valence-electron chi connectivity index (χ2n) is 8.00. The van der Waals surface area contributed by atoms with E-state index in [4.69, 9.17) is 9.73 Å². The molecular formula is C23H37N7O. The van der Waals surface area contributed by atoms with Gasteiger partial charge < -0.3 is 19.9 Å². The zero-order valence-corrected chi connectivity index (χ0v) is 19.2. The summed E-state index contributed by atoms with van der Waals surface area (Å²) in [6.07, 6.45) is 3.40. The molecule has 0 saturated carbocycles. The second-order valence-corrected chi connectivity index (χ2v) is 8.00. The molecule has 8 heteroatoms. The minimum Gasteiger partial charge on any atom is -0.382 e. The van der Waals surface area contributed by atoms with E-state index >= 15 is 0 Å². The van der Waals surface area contributed by atoms with E-state index in [0.717, 1.165) is 63.4 Å². The number of aliphatic imine (C=N–C) groups is 1. The van der Waals surface area contributed by atoms with Crippen molar-refractivity contribution in [1.82, 2.24) is 30.3 Å². The molecule has 2 N–H and O–H groups in total. The third-order valence-corrected chi connectivity index (χ3v) is 5.76. The highest BCUT2D eigenvalue weighted by Gasteiger charge is 2.24. The fraction of sp³-hybridized carbons (Fsp3) is 0.609. The molecule has 170 valence electrons. The van der Waals surface area contributed by atoms with Crippen LogP contribution in [0.15, 0.2) is 35.3 Å². The van der Waals surface area contributed by atoms with Gasteiger partial charge in [-0.1, -0.05) is 30.3 Å². The molecule has 31 heavy (non-hydrogen) atoms. The molecule has 8 nitrogen and oxygen atoms in total. The number of guanidine groups is 1. The number of benzene rings is 1. The summed E-state index contributed by atoms with van der Waals surface area (Å²) < 4.78 is 7.43. The quantitative estimate of drug-likeness (QED) is 0.325. The minimum absolute atomic E-state index is 0.497. The fourth-order valence-electron chi connectivity index (χ4n) is 3.81. The summed E-state index contributed by atoms with van der Waals surface area (Å²) in [7, 11) is 1.97. The zero-order valence-electron chi connectivity index (χ0n) is 19.2. The fourth-order valence-corrected chi connectivity index (χ4v) is 3.81. The summed E-state index contributed by atoms with van der Waals surface area (Å²) in [5.74, 6) is 2.58. The van der Waals surface area contributed by atoms with Crippen LogP contribution in [0, 0.1) is 6.92 Å². The lowest BCUT2D eigenvalue weighted by Gasteiger charge is -2.25. The molecular weight excluding hydrogens is 390 g/mol. The minimum atomic E-state index is 0.497. The first-order valence-electron chi connectivity index (χ1n) is 11.4. The maximum atomic E-state index is 5.45. The van der Waals surface area contributed by atoms with Crippen molar-refractivity contribution >= 4 is 5.96 Å². The Balaban J connectivity index is 1.56. The first-order valence-corrected chi connectivity index (χ1v) is 11.4. The van der Waals surface area contributed by atoms with E-state index in [9.17, 15) is 0 Å². The van der Waals surface area contributed by atoms with Crippen molar-refractivity contribution in [3.63, 3.8) is 0 Å². The number of rotatable bonds is 11. The van der Waals surface area contributed by atoms with Crippen LogP contribution in [0.3, 0.4) is 0 Å². The van der Waals surface area contributed by atoms with Crippen molar-refractivity contribution in [2.75, 3.05) is 32.8 Å². The largest absolute Gasteiger partial charge is 0.382 e. The Bertz CT molecular complexity index is 806. The highest BCUT2D eigenvalue weighted by atomic mass is 16.5. The standard InChI is InChI=1S/C23H37N7O/c1-4-31-15-9-13-24-23(26-17-22-28-27-19(2)29(22)3)25-16-21-12-8-14-30(21)18-20-10-6-5-7-11-20/h5-7,10-11,21H,4,8-9,12-18H2,1-3H3,(H2,24,25,26). The Hall–Kier alpha value is -2.45. The molecule has 0 amide bonds. The van der Waals surface area contributed by atoms with Gasteiger partial charge in [0.2, 0.25) is 0 Å². The second kappa shape index (κ2) is 12.4. The molecule has 2 heterocycles. The van der Waals surface area contributed by atoms with E-state index in [1.807, 2.05) is 25.5 Å². The van der Waals surface area contributed by atoms with E-state index in [0.29, 0.717) is 12.6 Å². The van der Waals surface area contributed by atoms with Crippen molar-refractivity contribution in [1.29, 1.82) is 0 Å². The van der Waals surface area contributed by atoms with Crippen molar-refractivity contribution in [2.45, 2.75) is 52.2 Å². The Labute approximate surface area is 186 Å². The van der Waals surface area contributed by atoms with Gasteiger partial charge in [0.1, 0.15) is 12.4 Å². The van der Waals surface area contributed by atoms with Gasteiger partial charge in [0.15, 0.2) is 11.8 Å². The number of nitrogens with one attached hydrogen (secondary N) is 2. The number of aromatic nitrogens is 3. The van der Waals surface area contributed by atoms with E-state index < -0.39 is 0 Å². The van der Waals surface area contributed by atoms with Gasteiger partial charge in [-0.3, -0.25) is 4.90 Å². The molecule has 1 aliphatic rings. The van der Waals surface area contributed by atoms with Gasteiger partial charge in [-0.05, 0) is 45.2 Å². The first-order chi connectivity index (χ1) is 15.2. The highest BCUT2D eigenvalue weighted by molar-refractivity contribution is 5.79. The lowest BCUT2D eigenvalue weighted by Crippen LogP contribution is -2.45. The number of ether oxygens (including phenoxy) is 1. The van der Waals surface area contributed by atoms with Crippen molar-refractivity contribution in [2.24, 2.45) is 12.0 Å². The number of hydrogen-bond donors (Lipinski definition) is 2. The molecule has 1 aromatic heterocycles. The van der Waals surface area contributed by atoms with Crippen LogP contribution in [0.1, 0.15) is 43.4 Å². The van der Waals surface area contributed by atoms with Crippen LogP contribution in [0.2, 0.25) is 0 Å². The van der Waals surface area contributed by atoms with Gasteiger partial charge in [0.25, 0.3) is 0 Å². The van der Waals surface area contributed by atoms with Gasteiger partial charge in [-0.25, -0.2) is 4.99 Å². The predicted octanol–water partition coefficient (Wildman–Crippen LogP) is 2.25.